The fraction of sp³-hybridized carbons (Fsp3) is 0.500. The molecule has 1 aliphatic heterocycles. The number of hydrogen-bond acceptors (Lipinski definition) is 5. The molecule has 130 valence electrons. The molecule has 23 heavy (non-hydrogen) atoms. The van der Waals surface area contributed by atoms with Crippen LogP contribution in [0, 0.1) is 6.92 Å². The summed E-state index contributed by atoms with van der Waals surface area (Å²) >= 11 is 0. The highest BCUT2D eigenvalue weighted by Crippen LogP contribution is 2.23. The van der Waals surface area contributed by atoms with Crippen molar-refractivity contribution in [2.24, 2.45) is 0 Å². The van der Waals surface area contributed by atoms with Gasteiger partial charge in [-0.1, -0.05) is 6.07 Å². The lowest BCUT2D eigenvalue weighted by molar-refractivity contribution is -0.123. The van der Waals surface area contributed by atoms with E-state index in [9.17, 15) is 13.2 Å². The maximum Gasteiger partial charge on any atom is 0.244 e. The highest BCUT2D eigenvalue weighted by molar-refractivity contribution is 7.89. The van der Waals surface area contributed by atoms with Crippen LogP contribution in [0.3, 0.4) is 0 Å². The molecule has 0 aliphatic carbocycles. The van der Waals surface area contributed by atoms with Crippen molar-refractivity contribution in [3.8, 4) is 0 Å². The largest absolute Gasteiger partial charge is 0.375 e. The van der Waals surface area contributed by atoms with E-state index >= 15 is 0 Å². The molecule has 0 aromatic heterocycles. The van der Waals surface area contributed by atoms with Crippen molar-refractivity contribution in [1.82, 2.24) is 10.0 Å². The number of carbonyl (C=O) groups excluding carboxylic acids is 1. The minimum atomic E-state index is -3.56. The number of amides is 1. The van der Waals surface area contributed by atoms with Crippen LogP contribution in [0.2, 0.25) is 0 Å². The number of benzene rings is 1. The Hall–Kier alpha value is -1.19. The Labute approximate surface area is 142 Å². The molecule has 0 unspecified atom stereocenters. The summed E-state index contributed by atoms with van der Waals surface area (Å²) in [5.41, 5.74) is 0.968. The monoisotopic (exact) mass is 363 g/mol. The zero-order valence-corrected chi connectivity index (χ0v) is 14.9. The van der Waals surface area contributed by atoms with Crippen molar-refractivity contribution in [2.75, 3.05) is 25.5 Å². The highest BCUT2D eigenvalue weighted by Gasteiger charge is 2.29. The van der Waals surface area contributed by atoms with Crippen molar-refractivity contribution >= 4 is 34.0 Å². The molecule has 0 spiro atoms. The van der Waals surface area contributed by atoms with Crippen LogP contribution in [-0.4, -0.2) is 46.7 Å². The van der Waals surface area contributed by atoms with E-state index in [0.717, 1.165) is 0 Å². The fourth-order valence-electron chi connectivity index (χ4n) is 2.39. The standard InChI is InChI=1S/C14H21N3O4S.ClH/c1-9-11(5-4-6-12(9)22(19,20)15-3)17-14(18)13-10(2)21-8-7-16-13;/h4-6,10,13,15-16H,7-8H2,1-3H3,(H,17,18);1H/t10-,13+;/m1./s1. The summed E-state index contributed by atoms with van der Waals surface area (Å²) < 4.78 is 31.6. The molecule has 1 aromatic rings. The first-order valence-corrected chi connectivity index (χ1v) is 8.54. The lowest BCUT2D eigenvalue weighted by Gasteiger charge is -2.29. The summed E-state index contributed by atoms with van der Waals surface area (Å²) in [7, 11) is -2.21. The molecule has 2 rings (SSSR count). The summed E-state index contributed by atoms with van der Waals surface area (Å²) in [6, 6.07) is 4.32. The number of anilines is 1. The summed E-state index contributed by atoms with van der Waals surface area (Å²) in [5, 5.41) is 5.87. The number of morpholine rings is 1. The Bertz CT molecular complexity index is 666. The molecule has 1 aromatic carbocycles. The maximum atomic E-state index is 12.3. The second-order valence-corrected chi connectivity index (χ2v) is 6.99. The molecule has 0 radical (unpaired) electrons. The molecular weight excluding hydrogens is 342 g/mol. The molecule has 9 heteroatoms. The highest BCUT2D eigenvalue weighted by atomic mass is 35.5. The molecule has 1 fully saturated rings. The topological polar surface area (TPSA) is 96.5 Å². The van der Waals surface area contributed by atoms with Gasteiger partial charge in [-0.05, 0) is 38.6 Å². The van der Waals surface area contributed by atoms with Gasteiger partial charge in [0.1, 0.15) is 6.04 Å². The third kappa shape index (κ3) is 4.42. The van der Waals surface area contributed by atoms with E-state index in [-0.39, 0.29) is 29.3 Å². The van der Waals surface area contributed by atoms with E-state index in [1.165, 1.54) is 13.1 Å². The molecular formula is C14H22ClN3O4S. The zero-order valence-electron chi connectivity index (χ0n) is 13.3. The summed E-state index contributed by atoms with van der Waals surface area (Å²) in [5.74, 6) is -0.241. The van der Waals surface area contributed by atoms with E-state index in [0.29, 0.717) is 24.4 Å². The molecule has 1 heterocycles. The van der Waals surface area contributed by atoms with Crippen LogP contribution < -0.4 is 15.4 Å². The molecule has 0 bridgehead atoms. The average molecular weight is 364 g/mol. The lowest BCUT2D eigenvalue weighted by Crippen LogP contribution is -2.53. The predicted octanol–water partition coefficient (Wildman–Crippen LogP) is 0.640. The molecule has 3 N–H and O–H groups in total. The van der Waals surface area contributed by atoms with Gasteiger partial charge >= 0.3 is 0 Å². The second-order valence-electron chi connectivity index (χ2n) is 5.13. The zero-order chi connectivity index (χ0) is 16.3. The van der Waals surface area contributed by atoms with E-state index < -0.39 is 16.1 Å². The number of ether oxygens (including phenoxy) is 1. The minimum absolute atomic E-state index is 0. The first-order valence-electron chi connectivity index (χ1n) is 7.06. The van der Waals surface area contributed by atoms with Gasteiger partial charge in [-0.15, -0.1) is 12.4 Å². The van der Waals surface area contributed by atoms with E-state index in [4.69, 9.17) is 4.74 Å². The Morgan fingerprint density at radius 2 is 2.09 bits per heavy atom. The predicted molar refractivity (Wildman–Crippen MR) is 90.5 cm³/mol. The maximum absolute atomic E-state index is 12.3. The number of hydrogen-bond donors (Lipinski definition) is 3. The van der Waals surface area contributed by atoms with Gasteiger partial charge in [0.05, 0.1) is 17.6 Å². The number of nitrogens with one attached hydrogen (secondary N) is 3. The van der Waals surface area contributed by atoms with Crippen molar-refractivity contribution in [1.29, 1.82) is 0 Å². The molecule has 0 saturated carbocycles. The van der Waals surface area contributed by atoms with Crippen molar-refractivity contribution in [3.63, 3.8) is 0 Å². The Morgan fingerprint density at radius 3 is 2.70 bits per heavy atom. The van der Waals surface area contributed by atoms with Gasteiger partial charge in [0, 0.05) is 12.2 Å². The first-order chi connectivity index (χ1) is 10.4. The van der Waals surface area contributed by atoms with Crippen molar-refractivity contribution in [3.05, 3.63) is 23.8 Å². The van der Waals surface area contributed by atoms with Crippen LogP contribution in [0.5, 0.6) is 0 Å². The van der Waals surface area contributed by atoms with Gasteiger partial charge in [0.25, 0.3) is 0 Å². The van der Waals surface area contributed by atoms with Gasteiger partial charge in [0.15, 0.2) is 0 Å². The van der Waals surface area contributed by atoms with E-state index in [1.54, 1.807) is 19.1 Å². The van der Waals surface area contributed by atoms with Crippen LogP contribution in [0.15, 0.2) is 23.1 Å². The molecule has 1 aliphatic rings. The van der Waals surface area contributed by atoms with Crippen LogP contribution in [-0.2, 0) is 19.6 Å². The SMILES string of the molecule is CNS(=O)(=O)c1cccc(NC(=O)[C@H]2NCCO[C@@H]2C)c1C.Cl. The summed E-state index contributed by atoms with van der Waals surface area (Å²) in [6.07, 6.45) is -0.238. The quantitative estimate of drug-likeness (QED) is 0.729. The second kappa shape index (κ2) is 8.07. The van der Waals surface area contributed by atoms with Gasteiger partial charge in [0.2, 0.25) is 15.9 Å². The smallest absolute Gasteiger partial charge is 0.244 e. The van der Waals surface area contributed by atoms with E-state index in [2.05, 4.69) is 15.4 Å². The number of halogens is 1. The van der Waals surface area contributed by atoms with Crippen LogP contribution in [0.1, 0.15) is 12.5 Å². The van der Waals surface area contributed by atoms with Crippen LogP contribution in [0.4, 0.5) is 5.69 Å². The Morgan fingerprint density at radius 1 is 1.39 bits per heavy atom. The minimum Gasteiger partial charge on any atom is -0.375 e. The molecule has 2 atom stereocenters. The summed E-state index contributed by atoms with van der Waals surface area (Å²) in [4.78, 5) is 12.5. The average Bonchev–Trinajstić information content (AvgIpc) is 2.49. The number of rotatable bonds is 4. The third-order valence-corrected chi connectivity index (χ3v) is 5.26. The fourth-order valence-corrected chi connectivity index (χ4v) is 3.38. The van der Waals surface area contributed by atoms with Crippen molar-refractivity contribution in [2.45, 2.75) is 30.9 Å². The molecule has 1 amide bonds. The van der Waals surface area contributed by atoms with Gasteiger partial charge in [-0.2, -0.15) is 0 Å². The third-order valence-electron chi connectivity index (χ3n) is 3.70. The Kier molecular flexibility index (Phi) is 6.97. The Balaban J connectivity index is 0.00000264. The van der Waals surface area contributed by atoms with E-state index in [1.807, 2.05) is 6.92 Å². The van der Waals surface area contributed by atoms with Crippen LogP contribution in [0.25, 0.3) is 0 Å². The summed E-state index contributed by atoms with van der Waals surface area (Å²) in [6.45, 7) is 4.66. The van der Waals surface area contributed by atoms with Crippen molar-refractivity contribution < 1.29 is 17.9 Å². The molecule has 1 saturated heterocycles. The van der Waals surface area contributed by atoms with Crippen LogP contribution >= 0.6 is 12.4 Å². The normalized spacial score (nSPS) is 21.3. The van der Waals surface area contributed by atoms with Gasteiger partial charge in [-0.25, -0.2) is 13.1 Å². The number of carbonyl (C=O) groups is 1. The van der Waals surface area contributed by atoms with Gasteiger partial charge < -0.3 is 15.4 Å². The van der Waals surface area contributed by atoms with Gasteiger partial charge in [-0.3, -0.25) is 4.79 Å². The number of sulfonamides is 1. The lowest BCUT2D eigenvalue weighted by atomic mass is 10.1. The molecule has 7 nitrogen and oxygen atoms in total. The first kappa shape index (κ1) is 19.9.